The molecule has 0 bridgehead atoms. The van der Waals surface area contributed by atoms with Crippen LogP contribution in [0.4, 0.5) is 0 Å². The van der Waals surface area contributed by atoms with E-state index in [1.165, 1.54) is 9.58 Å². The fourth-order valence-corrected chi connectivity index (χ4v) is 6.00. The SMILES string of the molecule is COc1ccc(C2CC(c3cccs3)=NN2C(=O)Cn2c(-n3nc(C)cc3C)nc3c(c2=O)CCC3)cc1. The molecule has 4 aromatic rings. The lowest BCUT2D eigenvalue weighted by Crippen LogP contribution is -2.37. The summed E-state index contributed by atoms with van der Waals surface area (Å²) in [6.45, 7) is 3.64. The number of thiophene rings is 1. The van der Waals surface area contributed by atoms with Gasteiger partial charge in [0.05, 0.1) is 35.1 Å². The van der Waals surface area contributed by atoms with Crippen LogP contribution in [0.1, 0.15) is 52.0 Å². The topological polar surface area (TPSA) is 94.6 Å². The summed E-state index contributed by atoms with van der Waals surface area (Å²) in [6, 6.07) is 13.3. The fourth-order valence-electron chi connectivity index (χ4n) is 5.28. The first-order valence-corrected chi connectivity index (χ1v) is 13.5. The minimum Gasteiger partial charge on any atom is -0.497 e. The zero-order valence-electron chi connectivity index (χ0n) is 21.5. The average Bonchev–Trinajstić information content (AvgIpc) is 3.72. The van der Waals surface area contributed by atoms with Crippen LogP contribution in [0.2, 0.25) is 0 Å². The van der Waals surface area contributed by atoms with E-state index in [0.717, 1.165) is 51.8 Å². The second-order valence-corrected chi connectivity index (χ2v) is 10.6. The molecule has 1 atom stereocenters. The number of amides is 1. The Balaban J connectivity index is 1.41. The van der Waals surface area contributed by atoms with Crippen LogP contribution < -0.4 is 10.3 Å². The van der Waals surface area contributed by atoms with E-state index in [9.17, 15) is 9.59 Å². The molecule has 3 aromatic heterocycles. The first kappa shape index (κ1) is 24.3. The van der Waals surface area contributed by atoms with Gasteiger partial charge in [-0.05, 0) is 68.3 Å². The van der Waals surface area contributed by atoms with E-state index in [1.807, 2.05) is 61.7 Å². The number of rotatable bonds is 6. The number of benzene rings is 1. The Morgan fingerprint density at radius 1 is 1.16 bits per heavy atom. The number of ether oxygens (including phenoxy) is 1. The molecule has 0 saturated heterocycles. The number of hydrogen-bond acceptors (Lipinski definition) is 7. The maximum absolute atomic E-state index is 13.9. The number of hydrogen-bond donors (Lipinski definition) is 0. The lowest BCUT2D eigenvalue weighted by atomic mass is 10.0. The second-order valence-electron chi connectivity index (χ2n) is 9.68. The number of carbonyl (C=O) groups is 1. The standard InChI is InChI=1S/C28H28N6O3S/c1-17-14-18(2)33(30-17)28-29-22-7-4-6-21(22)27(36)32(28)16-26(35)34-24(19-9-11-20(37-3)12-10-19)15-23(31-34)25-8-5-13-38-25/h5,8-14,24H,4,6-7,15-16H2,1-3H3. The van der Waals surface area contributed by atoms with Crippen LogP contribution in [-0.2, 0) is 24.2 Å². The molecule has 38 heavy (non-hydrogen) atoms. The molecule has 10 heteroatoms. The Kier molecular flexibility index (Phi) is 6.19. The summed E-state index contributed by atoms with van der Waals surface area (Å²) in [5.74, 6) is 0.841. The van der Waals surface area contributed by atoms with E-state index >= 15 is 0 Å². The highest BCUT2D eigenvalue weighted by atomic mass is 32.1. The van der Waals surface area contributed by atoms with Crippen molar-refractivity contribution in [1.82, 2.24) is 24.3 Å². The van der Waals surface area contributed by atoms with Gasteiger partial charge in [0.1, 0.15) is 12.3 Å². The molecular weight excluding hydrogens is 500 g/mol. The van der Waals surface area contributed by atoms with Gasteiger partial charge >= 0.3 is 0 Å². The molecule has 1 amide bonds. The molecule has 194 valence electrons. The van der Waals surface area contributed by atoms with Crippen molar-refractivity contribution in [3.05, 3.63) is 91.3 Å². The lowest BCUT2D eigenvalue weighted by Gasteiger charge is -2.23. The largest absolute Gasteiger partial charge is 0.497 e. The van der Waals surface area contributed by atoms with E-state index in [2.05, 4.69) is 5.10 Å². The van der Waals surface area contributed by atoms with Crippen LogP contribution in [0.3, 0.4) is 0 Å². The third-order valence-electron chi connectivity index (χ3n) is 7.13. The number of aromatic nitrogens is 4. The van der Waals surface area contributed by atoms with Crippen molar-refractivity contribution in [3.8, 4) is 11.7 Å². The fraction of sp³-hybridized carbons (Fsp3) is 0.321. The molecule has 0 N–H and O–H groups in total. The van der Waals surface area contributed by atoms with Crippen molar-refractivity contribution in [2.45, 2.75) is 52.1 Å². The number of fused-ring (bicyclic) bond motifs is 1. The zero-order chi connectivity index (χ0) is 26.4. The van der Waals surface area contributed by atoms with Gasteiger partial charge in [-0.1, -0.05) is 18.2 Å². The normalized spacial score (nSPS) is 16.6. The summed E-state index contributed by atoms with van der Waals surface area (Å²) < 4.78 is 8.45. The van der Waals surface area contributed by atoms with Crippen LogP contribution in [0, 0.1) is 13.8 Å². The zero-order valence-corrected chi connectivity index (χ0v) is 22.4. The van der Waals surface area contributed by atoms with Crippen molar-refractivity contribution in [2.75, 3.05) is 7.11 Å². The van der Waals surface area contributed by atoms with Crippen molar-refractivity contribution in [2.24, 2.45) is 5.10 Å². The summed E-state index contributed by atoms with van der Waals surface area (Å²) in [4.78, 5) is 33.5. The summed E-state index contributed by atoms with van der Waals surface area (Å²) in [5.41, 5.74) is 4.80. The van der Waals surface area contributed by atoms with E-state index in [0.29, 0.717) is 24.4 Å². The van der Waals surface area contributed by atoms with Crippen LogP contribution in [-0.4, -0.2) is 43.1 Å². The van der Waals surface area contributed by atoms with E-state index in [1.54, 1.807) is 23.1 Å². The molecule has 6 rings (SSSR count). The van der Waals surface area contributed by atoms with Gasteiger partial charge in [0.25, 0.3) is 11.5 Å². The molecule has 2 aliphatic rings. The van der Waals surface area contributed by atoms with Gasteiger partial charge in [-0.15, -0.1) is 11.3 Å². The molecule has 1 aliphatic heterocycles. The van der Waals surface area contributed by atoms with Gasteiger partial charge < -0.3 is 4.74 Å². The summed E-state index contributed by atoms with van der Waals surface area (Å²) >= 11 is 1.60. The average molecular weight is 529 g/mol. The predicted octanol–water partition coefficient (Wildman–Crippen LogP) is 3.98. The Morgan fingerprint density at radius 2 is 1.97 bits per heavy atom. The van der Waals surface area contributed by atoms with Crippen molar-refractivity contribution < 1.29 is 9.53 Å². The molecule has 9 nitrogen and oxygen atoms in total. The van der Waals surface area contributed by atoms with Gasteiger partial charge in [-0.2, -0.15) is 10.2 Å². The molecule has 4 heterocycles. The second kappa shape index (κ2) is 9.68. The molecule has 0 fully saturated rings. The number of aryl methyl sites for hydroxylation is 3. The minimum atomic E-state index is -0.291. The summed E-state index contributed by atoms with van der Waals surface area (Å²) in [7, 11) is 1.63. The van der Waals surface area contributed by atoms with E-state index in [-0.39, 0.29) is 24.1 Å². The smallest absolute Gasteiger partial charge is 0.263 e. The maximum Gasteiger partial charge on any atom is 0.263 e. The number of nitrogens with zero attached hydrogens (tertiary/aromatic N) is 6. The van der Waals surface area contributed by atoms with Crippen molar-refractivity contribution in [1.29, 1.82) is 0 Å². The quantitative estimate of drug-likeness (QED) is 0.377. The van der Waals surface area contributed by atoms with Crippen LogP contribution >= 0.6 is 11.3 Å². The van der Waals surface area contributed by atoms with Crippen molar-refractivity contribution >= 4 is 23.0 Å². The lowest BCUT2D eigenvalue weighted by molar-refractivity contribution is -0.133. The third-order valence-corrected chi connectivity index (χ3v) is 8.05. The summed E-state index contributed by atoms with van der Waals surface area (Å²) in [5, 5.41) is 12.9. The molecule has 1 aromatic carbocycles. The molecule has 1 aliphatic carbocycles. The number of carbonyl (C=O) groups excluding carboxylic acids is 1. The highest BCUT2D eigenvalue weighted by molar-refractivity contribution is 7.12. The Hall–Kier alpha value is -4.05. The highest BCUT2D eigenvalue weighted by Gasteiger charge is 2.34. The minimum absolute atomic E-state index is 0.175. The molecule has 0 spiro atoms. The molecule has 0 saturated carbocycles. The Labute approximate surface area is 224 Å². The first-order valence-electron chi connectivity index (χ1n) is 12.7. The maximum atomic E-state index is 13.9. The number of hydrazone groups is 1. The Bertz CT molecular complexity index is 1600. The van der Waals surface area contributed by atoms with Crippen molar-refractivity contribution in [3.63, 3.8) is 0 Å². The van der Waals surface area contributed by atoms with Gasteiger partial charge in [0.15, 0.2) is 0 Å². The van der Waals surface area contributed by atoms with Crippen LogP contribution in [0.25, 0.3) is 5.95 Å². The van der Waals surface area contributed by atoms with Gasteiger partial charge in [-0.25, -0.2) is 14.7 Å². The summed E-state index contributed by atoms with van der Waals surface area (Å²) in [6.07, 6.45) is 2.89. The Morgan fingerprint density at radius 3 is 2.66 bits per heavy atom. The highest BCUT2D eigenvalue weighted by Crippen LogP contribution is 2.35. The molecular formula is C28H28N6O3S. The van der Waals surface area contributed by atoms with Gasteiger partial charge in [-0.3, -0.25) is 14.2 Å². The third kappa shape index (κ3) is 4.24. The van der Waals surface area contributed by atoms with Gasteiger partial charge in [0, 0.05) is 17.7 Å². The monoisotopic (exact) mass is 528 g/mol. The number of methoxy groups -OCH3 is 1. The van der Waals surface area contributed by atoms with Gasteiger partial charge in [0.2, 0.25) is 5.95 Å². The molecule has 0 radical (unpaired) electrons. The van der Waals surface area contributed by atoms with E-state index in [4.69, 9.17) is 14.8 Å². The van der Waals surface area contributed by atoms with E-state index < -0.39 is 0 Å². The van der Waals surface area contributed by atoms with Crippen LogP contribution in [0.15, 0.2) is 57.7 Å². The first-order chi connectivity index (χ1) is 18.4. The molecule has 1 unspecified atom stereocenters. The van der Waals surface area contributed by atoms with Crippen LogP contribution in [0.5, 0.6) is 5.75 Å². The predicted molar refractivity (Wildman–Crippen MR) is 145 cm³/mol.